The highest BCUT2D eigenvalue weighted by Gasteiger charge is 2.15. The fraction of sp³-hybridized carbons (Fsp3) is 0.172. The van der Waals surface area contributed by atoms with Crippen LogP contribution in [0.3, 0.4) is 0 Å². The molecule has 11 heteroatoms. The number of nitrogens with one attached hydrogen (secondary N) is 3. The van der Waals surface area contributed by atoms with Crippen molar-refractivity contribution in [1.82, 2.24) is 5.43 Å². The van der Waals surface area contributed by atoms with E-state index in [1.54, 1.807) is 49.4 Å². The molecule has 3 N–H and O–H groups in total. The van der Waals surface area contributed by atoms with Gasteiger partial charge >= 0.3 is 0 Å². The van der Waals surface area contributed by atoms with Gasteiger partial charge in [-0.2, -0.15) is 5.10 Å². The summed E-state index contributed by atoms with van der Waals surface area (Å²) in [5.74, 6) is -1.24. The number of carbonyl (C=O) groups excluding carboxylic acids is 3. The van der Waals surface area contributed by atoms with Crippen LogP contribution in [0.2, 0.25) is 5.02 Å². The third-order valence-corrected chi connectivity index (χ3v) is 5.40. The highest BCUT2D eigenvalue weighted by molar-refractivity contribution is 6.30. The fourth-order valence-electron chi connectivity index (χ4n) is 3.46. The van der Waals surface area contributed by atoms with Crippen molar-refractivity contribution in [2.75, 3.05) is 23.8 Å². The van der Waals surface area contributed by atoms with Gasteiger partial charge < -0.3 is 20.1 Å². The Labute approximate surface area is 236 Å². The topological polar surface area (TPSA) is 118 Å². The molecular formula is C29H28ClFN4O5. The van der Waals surface area contributed by atoms with Crippen LogP contribution in [0.1, 0.15) is 24.5 Å². The number of benzene rings is 3. The van der Waals surface area contributed by atoms with Gasteiger partial charge in [0.15, 0.2) is 18.1 Å². The first kappa shape index (κ1) is 29.9. The van der Waals surface area contributed by atoms with Crippen LogP contribution in [0, 0.1) is 5.82 Å². The fourth-order valence-corrected chi connectivity index (χ4v) is 3.59. The van der Waals surface area contributed by atoms with Crippen molar-refractivity contribution >= 4 is 46.9 Å². The van der Waals surface area contributed by atoms with E-state index in [1.165, 1.54) is 30.5 Å². The molecule has 3 aromatic rings. The second kappa shape index (κ2) is 15.0. The van der Waals surface area contributed by atoms with E-state index in [9.17, 15) is 18.8 Å². The molecule has 0 heterocycles. The lowest BCUT2D eigenvalue weighted by Crippen LogP contribution is -2.24. The highest BCUT2D eigenvalue weighted by Crippen LogP contribution is 2.33. The Morgan fingerprint density at radius 2 is 1.60 bits per heavy atom. The van der Waals surface area contributed by atoms with Gasteiger partial charge in [-0.05, 0) is 79.6 Å². The standard InChI is InChI=1S/C29H28ClFN4O5/c1-3-5-20-14-19(17-32-35-27(37)16-26(36)33-23-10-6-21(30)7-11-23)15-25(39-4-2)29(20)40-18-28(38)34-24-12-8-22(31)9-13-24/h3,6-15,17H,1,4-5,16,18H2,2H3,(H,33,36)(H,34,38)(H,35,37). The van der Waals surface area contributed by atoms with Crippen LogP contribution in [0.5, 0.6) is 11.5 Å². The number of ether oxygens (including phenoxy) is 2. The molecule has 0 aliphatic carbocycles. The van der Waals surface area contributed by atoms with Gasteiger partial charge in [-0.1, -0.05) is 17.7 Å². The third kappa shape index (κ3) is 9.55. The minimum absolute atomic E-state index is 0.316. The zero-order chi connectivity index (χ0) is 28.9. The second-order valence-corrected chi connectivity index (χ2v) is 8.74. The molecule has 0 aliphatic heterocycles. The molecule has 0 spiro atoms. The summed E-state index contributed by atoms with van der Waals surface area (Å²) in [7, 11) is 0. The SMILES string of the molecule is C=CCc1cc(C=NNC(=O)CC(=O)Nc2ccc(Cl)cc2)cc(OCC)c1OCC(=O)Nc1ccc(F)cc1. The van der Waals surface area contributed by atoms with E-state index in [4.69, 9.17) is 21.1 Å². The first-order chi connectivity index (χ1) is 19.3. The maximum Gasteiger partial charge on any atom is 0.262 e. The van der Waals surface area contributed by atoms with E-state index in [1.807, 2.05) is 0 Å². The van der Waals surface area contributed by atoms with E-state index < -0.39 is 30.0 Å². The van der Waals surface area contributed by atoms with Crippen LogP contribution in [0.4, 0.5) is 15.8 Å². The van der Waals surface area contributed by atoms with Gasteiger partial charge in [0, 0.05) is 22.0 Å². The summed E-state index contributed by atoms with van der Waals surface area (Å²) in [5, 5.41) is 9.70. The first-order valence-electron chi connectivity index (χ1n) is 12.2. The number of allylic oxidation sites excluding steroid dienone is 1. The summed E-state index contributed by atoms with van der Waals surface area (Å²) in [6, 6.07) is 15.3. The maximum atomic E-state index is 13.1. The van der Waals surface area contributed by atoms with Crippen molar-refractivity contribution in [2.24, 2.45) is 5.10 Å². The van der Waals surface area contributed by atoms with E-state index in [-0.39, 0.29) is 6.61 Å². The smallest absolute Gasteiger partial charge is 0.262 e. The van der Waals surface area contributed by atoms with Crippen molar-refractivity contribution in [1.29, 1.82) is 0 Å². The normalized spacial score (nSPS) is 10.6. The Morgan fingerprint density at radius 1 is 0.950 bits per heavy atom. The molecule has 3 amide bonds. The lowest BCUT2D eigenvalue weighted by atomic mass is 10.1. The molecular weight excluding hydrogens is 539 g/mol. The van der Waals surface area contributed by atoms with Gasteiger partial charge in [0.2, 0.25) is 11.8 Å². The highest BCUT2D eigenvalue weighted by atomic mass is 35.5. The molecule has 0 fully saturated rings. The molecule has 0 atom stereocenters. The Kier molecular flexibility index (Phi) is 11.2. The number of hydrogen-bond acceptors (Lipinski definition) is 6. The zero-order valence-corrected chi connectivity index (χ0v) is 22.5. The summed E-state index contributed by atoms with van der Waals surface area (Å²) in [5.41, 5.74) is 4.52. The molecule has 0 unspecified atom stereocenters. The average molecular weight is 567 g/mol. The number of anilines is 2. The molecule has 208 valence electrons. The Hall–Kier alpha value is -4.70. The number of rotatable bonds is 13. The average Bonchev–Trinajstić information content (AvgIpc) is 2.91. The molecule has 0 radical (unpaired) electrons. The van der Waals surface area contributed by atoms with E-state index in [0.29, 0.717) is 52.1 Å². The van der Waals surface area contributed by atoms with Crippen LogP contribution in [-0.4, -0.2) is 37.1 Å². The van der Waals surface area contributed by atoms with Crippen LogP contribution in [-0.2, 0) is 20.8 Å². The molecule has 0 aliphatic rings. The summed E-state index contributed by atoms with van der Waals surface area (Å²) in [6.07, 6.45) is 3.03. The van der Waals surface area contributed by atoms with Crippen LogP contribution < -0.4 is 25.5 Å². The number of hydrazone groups is 1. The maximum absolute atomic E-state index is 13.1. The van der Waals surface area contributed by atoms with Crippen molar-refractivity contribution in [3.8, 4) is 11.5 Å². The minimum Gasteiger partial charge on any atom is -0.490 e. The Bertz CT molecular complexity index is 1380. The molecule has 0 saturated heterocycles. The van der Waals surface area contributed by atoms with Gasteiger partial charge in [-0.25, -0.2) is 9.82 Å². The van der Waals surface area contributed by atoms with Gasteiger partial charge in [0.25, 0.3) is 5.91 Å². The van der Waals surface area contributed by atoms with Gasteiger partial charge in [-0.3, -0.25) is 14.4 Å². The second-order valence-electron chi connectivity index (χ2n) is 8.30. The third-order valence-electron chi connectivity index (χ3n) is 5.15. The Morgan fingerprint density at radius 3 is 2.25 bits per heavy atom. The zero-order valence-electron chi connectivity index (χ0n) is 21.7. The largest absolute Gasteiger partial charge is 0.490 e. The van der Waals surface area contributed by atoms with E-state index in [2.05, 4.69) is 27.7 Å². The number of halogens is 2. The Balaban J connectivity index is 1.63. The quantitative estimate of drug-likeness (QED) is 0.115. The van der Waals surface area contributed by atoms with Crippen LogP contribution >= 0.6 is 11.6 Å². The summed E-state index contributed by atoms with van der Waals surface area (Å²) in [4.78, 5) is 36.6. The van der Waals surface area contributed by atoms with E-state index in [0.717, 1.165) is 0 Å². The summed E-state index contributed by atoms with van der Waals surface area (Å²) < 4.78 is 24.6. The molecule has 0 bridgehead atoms. The van der Waals surface area contributed by atoms with Crippen molar-refractivity contribution < 1.29 is 28.2 Å². The molecule has 3 aromatic carbocycles. The molecule has 0 aromatic heterocycles. The van der Waals surface area contributed by atoms with Crippen molar-refractivity contribution in [3.05, 3.63) is 95.3 Å². The number of carbonyl (C=O) groups is 3. The van der Waals surface area contributed by atoms with Crippen LogP contribution in [0.25, 0.3) is 0 Å². The van der Waals surface area contributed by atoms with Crippen molar-refractivity contribution in [3.63, 3.8) is 0 Å². The first-order valence-corrected chi connectivity index (χ1v) is 12.6. The summed E-state index contributed by atoms with van der Waals surface area (Å²) in [6.45, 7) is 5.58. The monoisotopic (exact) mass is 566 g/mol. The van der Waals surface area contributed by atoms with Gasteiger partial charge in [-0.15, -0.1) is 6.58 Å². The number of amides is 3. The molecule has 3 rings (SSSR count). The van der Waals surface area contributed by atoms with Crippen molar-refractivity contribution in [2.45, 2.75) is 19.8 Å². The number of hydrogen-bond donors (Lipinski definition) is 3. The van der Waals surface area contributed by atoms with Crippen LogP contribution in [0.15, 0.2) is 78.4 Å². The molecule has 40 heavy (non-hydrogen) atoms. The predicted molar refractivity (Wildman–Crippen MR) is 152 cm³/mol. The summed E-state index contributed by atoms with van der Waals surface area (Å²) >= 11 is 5.82. The minimum atomic E-state index is -0.605. The molecule has 9 nitrogen and oxygen atoms in total. The lowest BCUT2D eigenvalue weighted by Gasteiger charge is -2.16. The number of nitrogens with zero attached hydrogens (tertiary/aromatic N) is 1. The molecule has 0 saturated carbocycles. The van der Waals surface area contributed by atoms with E-state index >= 15 is 0 Å². The van der Waals surface area contributed by atoms with Gasteiger partial charge in [0.05, 0.1) is 12.8 Å². The lowest BCUT2D eigenvalue weighted by molar-refractivity contribution is -0.126. The predicted octanol–water partition coefficient (Wildman–Crippen LogP) is 5.10. The van der Waals surface area contributed by atoms with Gasteiger partial charge in [0.1, 0.15) is 12.2 Å².